The molecule has 1 aromatic heterocycles. The van der Waals surface area contributed by atoms with Crippen molar-refractivity contribution in [3.8, 4) is 0 Å². The second-order valence-electron chi connectivity index (χ2n) is 8.02. The Morgan fingerprint density at radius 1 is 1.12 bits per heavy atom. The highest BCUT2D eigenvalue weighted by atomic mass is 16.2. The summed E-state index contributed by atoms with van der Waals surface area (Å²) in [6, 6.07) is 10.9. The van der Waals surface area contributed by atoms with E-state index >= 15 is 0 Å². The van der Waals surface area contributed by atoms with Crippen molar-refractivity contribution in [3.05, 3.63) is 53.3 Å². The van der Waals surface area contributed by atoms with Crippen molar-refractivity contribution in [2.24, 2.45) is 7.05 Å². The maximum Gasteiger partial charge on any atom is 0.322 e. The van der Waals surface area contributed by atoms with Crippen LogP contribution in [0.5, 0.6) is 0 Å². The summed E-state index contributed by atoms with van der Waals surface area (Å²) in [5.41, 5.74) is 4.58. The molecule has 0 unspecified atom stereocenters. The number of nitrogens with one attached hydrogen (secondary N) is 1. The zero-order valence-electron chi connectivity index (χ0n) is 16.6. The Balaban J connectivity index is 1.87. The molecule has 0 spiro atoms. The molecule has 1 heterocycles. The van der Waals surface area contributed by atoms with E-state index in [-0.39, 0.29) is 6.03 Å². The Morgan fingerprint density at radius 3 is 2.19 bits per heavy atom. The molecule has 0 bridgehead atoms. The lowest BCUT2D eigenvalue weighted by Crippen LogP contribution is -2.37. The molecule has 140 valence electrons. The number of rotatable bonds is 6. The van der Waals surface area contributed by atoms with Gasteiger partial charge in [-0.1, -0.05) is 45.9 Å². The highest BCUT2D eigenvalue weighted by Crippen LogP contribution is 2.34. The molecular formula is C22H31N3O. The van der Waals surface area contributed by atoms with Crippen LogP contribution in [-0.4, -0.2) is 21.5 Å². The van der Waals surface area contributed by atoms with Crippen molar-refractivity contribution in [2.75, 3.05) is 5.32 Å². The van der Waals surface area contributed by atoms with Gasteiger partial charge < -0.3 is 14.8 Å². The molecule has 1 saturated carbocycles. The SMILES string of the molecule is CC(C)c1cccc(C(C)C)c1NC(=O)N(Cc1cccn1C)C1CC1. The minimum Gasteiger partial charge on any atom is -0.353 e. The van der Waals surface area contributed by atoms with Gasteiger partial charge in [-0.15, -0.1) is 0 Å². The van der Waals surface area contributed by atoms with E-state index < -0.39 is 0 Å². The van der Waals surface area contributed by atoms with Crippen LogP contribution < -0.4 is 5.32 Å². The van der Waals surface area contributed by atoms with Crippen LogP contribution in [0.15, 0.2) is 36.5 Å². The molecule has 3 rings (SSSR count). The number of hydrogen-bond donors (Lipinski definition) is 1. The van der Waals surface area contributed by atoms with E-state index in [4.69, 9.17) is 0 Å². The number of carbonyl (C=O) groups is 1. The molecular weight excluding hydrogens is 322 g/mol. The zero-order valence-corrected chi connectivity index (χ0v) is 16.6. The lowest BCUT2D eigenvalue weighted by atomic mass is 9.93. The third-order valence-corrected chi connectivity index (χ3v) is 5.24. The van der Waals surface area contributed by atoms with Crippen LogP contribution in [0.4, 0.5) is 10.5 Å². The van der Waals surface area contributed by atoms with Crippen LogP contribution in [0.1, 0.15) is 69.2 Å². The van der Waals surface area contributed by atoms with Gasteiger partial charge in [0.05, 0.1) is 6.54 Å². The molecule has 1 N–H and O–H groups in total. The van der Waals surface area contributed by atoms with Crippen LogP contribution in [0.25, 0.3) is 0 Å². The number of benzene rings is 1. The standard InChI is InChI=1S/C22H31N3O/c1-15(2)19-9-6-10-20(16(3)4)21(19)23-22(26)25(17-11-12-17)14-18-8-7-13-24(18)5/h6-10,13,15-17H,11-12,14H2,1-5H3,(H,23,26). The largest absolute Gasteiger partial charge is 0.353 e. The van der Waals surface area contributed by atoms with Crippen LogP contribution >= 0.6 is 0 Å². The van der Waals surface area contributed by atoms with E-state index in [2.05, 4.69) is 61.8 Å². The maximum atomic E-state index is 13.2. The lowest BCUT2D eigenvalue weighted by Gasteiger charge is -2.26. The lowest BCUT2D eigenvalue weighted by molar-refractivity contribution is 0.205. The van der Waals surface area contributed by atoms with E-state index in [0.29, 0.717) is 24.4 Å². The highest BCUT2D eigenvalue weighted by Gasteiger charge is 2.33. The van der Waals surface area contributed by atoms with Crippen molar-refractivity contribution in [1.82, 2.24) is 9.47 Å². The van der Waals surface area contributed by atoms with Gasteiger partial charge in [0.1, 0.15) is 0 Å². The first-order chi connectivity index (χ1) is 12.4. The zero-order chi connectivity index (χ0) is 18.8. The smallest absolute Gasteiger partial charge is 0.322 e. The number of carbonyl (C=O) groups excluding carboxylic acids is 1. The Morgan fingerprint density at radius 2 is 1.73 bits per heavy atom. The first-order valence-corrected chi connectivity index (χ1v) is 9.69. The summed E-state index contributed by atoms with van der Waals surface area (Å²) in [6.45, 7) is 9.37. The van der Waals surface area contributed by atoms with Crippen LogP contribution in [0.3, 0.4) is 0 Å². The second kappa shape index (κ2) is 7.56. The van der Waals surface area contributed by atoms with E-state index in [1.54, 1.807) is 0 Å². The summed E-state index contributed by atoms with van der Waals surface area (Å²) < 4.78 is 2.09. The number of amides is 2. The molecule has 1 aliphatic rings. The molecule has 1 aromatic carbocycles. The molecule has 1 fully saturated rings. The summed E-state index contributed by atoms with van der Waals surface area (Å²) in [5.74, 6) is 0.734. The number of urea groups is 1. The molecule has 0 atom stereocenters. The predicted octanol–water partition coefficient (Wildman–Crippen LogP) is 5.47. The Kier molecular flexibility index (Phi) is 5.40. The van der Waals surface area contributed by atoms with Crippen molar-refractivity contribution < 1.29 is 4.79 Å². The molecule has 4 heteroatoms. The Bertz CT molecular complexity index is 745. The molecule has 1 aliphatic carbocycles. The summed E-state index contributed by atoms with van der Waals surface area (Å²) >= 11 is 0. The van der Waals surface area contributed by atoms with E-state index in [9.17, 15) is 4.79 Å². The number of hydrogen-bond acceptors (Lipinski definition) is 1. The number of para-hydroxylation sites is 1. The van der Waals surface area contributed by atoms with Crippen LogP contribution in [-0.2, 0) is 13.6 Å². The molecule has 0 radical (unpaired) electrons. The minimum absolute atomic E-state index is 0.0173. The molecule has 2 amide bonds. The molecule has 0 saturated heterocycles. The molecule has 2 aromatic rings. The fourth-order valence-electron chi connectivity index (χ4n) is 3.46. The number of anilines is 1. The fraction of sp³-hybridized carbons (Fsp3) is 0.500. The first-order valence-electron chi connectivity index (χ1n) is 9.69. The highest BCUT2D eigenvalue weighted by molar-refractivity contribution is 5.91. The topological polar surface area (TPSA) is 37.3 Å². The van der Waals surface area contributed by atoms with Gasteiger partial charge in [-0.3, -0.25) is 0 Å². The van der Waals surface area contributed by atoms with Crippen molar-refractivity contribution in [1.29, 1.82) is 0 Å². The summed E-state index contributed by atoms with van der Waals surface area (Å²) in [6.07, 6.45) is 4.23. The third-order valence-electron chi connectivity index (χ3n) is 5.24. The van der Waals surface area contributed by atoms with E-state index in [1.165, 1.54) is 11.1 Å². The fourth-order valence-corrected chi connectivity index (χ4v) is 3.46. The summed E-state index contributed by atoms with van der Waals surface area (Å²) in [7, 11) is 2.03. The molecule has 26 heavy (non-hydrogen) atoms. The normalized spacial score (nSPS) is 14.1. The second-order valence-corrected chi connectivity index (χ2v) is 8.02. The van der Waals surface area contributed by atoms with Gasteiger partial charge in [-0.2, -0.15) is 0 Å². The van der Waals surface area contributed by atoms with Crippen molar-refractivity contribution in [2.45, 2.75) is 65.0 Å². The number of aromatic nitrogens is 1. The number of aryl methyl sites for hydroxylation is 1. The van der Waals surface area contributed by atoms with E-state index in [1.807, 2.05) is 24.2 Å². The van der Waals surface area contributed by atoms with Gasteiger partial charge in [-0.05, 0) is 47.9 Å². The van der Waals surface area contributed by atoms with Crippen LogP contribution in [0.2, 0.25) is 0 Å². The average Bonchev–Trinajstić information content (AvgIpc) is 3.35. The summed E-state index contributed by atoms with van der Waals surface area (Å²) in [4.78, 5) is 15.2. The Hall–Kier alpha value is -2.23. The van der Waals surface area contributed by atoms with Gasteiger partial charge in [-0.25, -0.2) is 4.79 Å². The van der Waals surface area contributed by atoms with Crippen LogP contribution in [0, 0.1) is 0 Å². The number of nitrogens with zero attached hydrogens (tertiary/aromatic N) is 2. The quantitative estimate of drug-likeness (QED) is 0.735. The first kappa shape index (κ1) is 18.6. The van der Waals surface area contributed by atoms with E-state index in [0.717, 1.165) is 24.2 Å². The minimum atomic E-state index is 0.0173. The van der Waals surface area contributed by atoms with Gasteiger partial charge in [0.2, 0.25) is 0 Å². The Labute approximate surface area is 157 Å². The average molecular weight is 354 g/mol. The van der Waals surface area contributed by atoms with Gasteiger partial charge in [0.25, 0.3) is 0 Å². The van der Waals surface area contributed by atoms with Gasteiger partial charge in [0, 0.05) is 30.7 Å². The van der Waals surface area contributed by atoms with Gasteiger partial charge >= 0.3 is 6.03 Å². The van der Waals surface area contributed by atoms with Gasteiger partial charge in [0.15, 0.2) is 0 Å². The third kappa shape index (κ3) is 3.95. The van der Waals surface area contributed by atoms with Crippen molar-refractivity contribution in [3.63, 3.8) is 0 Å². The maximum absolute atomic E-state index is 13.2. The summed E-state index contributed by atoms with van der Waals surface area (Å²) in [5, 5.41) is 3.27. The molecule has 0 aliphatic heterocycles. The molecule has 4 nitrogen and oxygen atoms in total. The monoisotopic (exact) mass is 353 g/mol. The van der Waals surface area contributed by atoms with Crippen molar-refractivity contribution >= 4 is 11.7 Å². The predicted molar refractivity (Wildman–Crippen MR) is 108 cm³/mol.